The SMILES string of the molecule is Cc1csc(CNCC(C)(C)C(C)C)n1. The van der Waals surface area contributed by atoms with E-state index in [0.29, 0.717) is 11.3 Å². The highest BCUT2D eigenvalue weighted by Gasteiger charge is 2.21. The molecule has 3 heteroatoms. The van der Waals surface area contributed by atoms with Gasteiger partial charge < -0.3 is 5.32 Å². The van der Waals surface area contributed by atoms with Gasteiger partial charge in [-0.25, -0.2) is 4.98 Å². The van der Waals surface area contributed by atoms with Gasteiger partial charge in [-0.2, -0.15) is 0 Å². The molecule has 0 atom stereocenters. The zero-order valence-electron chi connectivity index (χ0n) is 10.4. The van der Waals surface area contributed by atoms with E-state index in [-0.39, 0.29) is 0 Å². The molecule has 0 unspecified atom stereocenters. The van der Waals surface area contributed by atoms with Gasteiger partial charge in [-0.3, -0.25) is 0 Å². The molecule has 1 aromatic heterocycles. The first-order chi connectivity index (χ1) is 6.92. The highest BCUT2D eigenvalue weighted by molar-refractivity contribution is 7.09. The zero-order chi connectivity index (χ0) is 11.5. The van der Waals surface area contributed by atoms with E-state index >= 15 is 0 Å². The third-order valence-corrected chi connectivity index (χ3v) is 4.05. The van der Waals surface area contributed by atoms with Crippen molar-refractivity contribution in [3.63, 3.8) is 0 Å². The molecule has 15 heavy (non-hydrogen) atoms. The minimum Gasteiger partial charge on any atom is -0.310 e. The fourth-order valence-corrected chi connectivity index (χ4v) is 1.92. The second-order valence-electron chi connectivity index (χ2n) is 5.13. The van der Waals surface area contributed by atoms with Crippen LogP contribution < -0.4 is 5.32 Å². The van der Waals surface area contributed by atoms with Crippen LogP contribution in [0.4, 0.5) is 0 Å². The third kappa shape index (κ3) is 3.92. The molecule has 0 saturated heterocycles. The van der Waals surface area contributed by atoms with E-state index in [1.54, 1.807) is 11.3 Å². The van der Waals surface area contributed by atoms with Gasteiger partial charge in [0.05, 0.1) is 0 Å². The molecule has 0 aliphatic carbocycles. The van der Waals surface area contributed by atoms with Crippen molar-refractivity contribution < 1.29 is 0 Å². The monoisotopic (exact) mass is 226 g/mol. The lowest BCUT2D eigenvalue weighted by Gasteiger charge is -2.29. The van der Waals surface area contributed by atoms with Crippen LogP contribution in [0.1, 0.15) is 38.4 Å². The summed E-state index contributed by atoms with van der Waals surface area (Å²) in [4.78, 5) is 4.43. The Morgan fingerprint density at radius 3 is 2.60 bits per heavy atom. The smallest absolute Gasteiger partial charge is 0.107 e. The number of hydrogen-bond acceptors (Lipinski definition) is 3. The Kier molecular flexibility index (Phi) is 4.29. The predicted octanol–water partition coefficient (Wildman–Crippen LogP) is 3.22. The van der Waals surface area contributed by atoms with Crippen molar-refractivity contribution in [3.8, 4) is 0 Å². The average Bonchev–Trinajstić information content (AvgIpc) is 2.51. The van der Waals surface area contributed by atoms with Crippen molar-refractivity contribution in [2.45, 2.75) is 41.2 Å². The maximum absolute atomic E-state index is 4.43. The summed E-state index contributed by atoms with van der Waals surface area (Å²) in [6, 6.07) is 0. The van der Waals surface area contributed by atoms with E-state index in [2.05, 4.69) is 43.4 Å². The lowest BCUT2D eigenvalue weighted by Crippen LogP contribution is -2.33. The Balaban J connectivity index is 2.33. The van der Waals surface area contributed by atoms with Crippen molar-refractivity contribution in [2.75, 3.05) is 6.54 Å². The van der Waals surface area contributed by atoms with Gasteiger partial charge >= 0.3 is 0 Å². The van der Waals surface area contributed by atoms with Gasteiger partial charge in [0.1, 0.15) is 5.01 Å². The molecule has 86 valence electrons. The summed E-state index contributed by atoms with van der Waals surface area (Å²) < 4.78 is 0. The van der Waals surface area contributed by atoms with Crippen molar-refractivity contribution in [2.24, 2.45) is 11.3 Å². The number of aromatic nitrogens is 1. The van der Waals surface area contributed by atoms with E-state index in [0.717, 1.165) is 18.8 Å². The largest absolute Gasteiger partial charge is 0.310 e. The second kappa shape index (κ2) is 5.08. The van der Waals surface area contributed by atoms with Gasteiger partial charge in [-0.15, -0.1) is 11.3 Å². The summed E-state index contributed by atoms with van der Waals surface area (Å²) in [5.74, 6) is 0.697. The minimum absolute atomic E-state index is 0.353. The molecule has 0 radical (unpaired) electrons. The Hall–Kier alpha value is -0.410. The quantitative estimate of drug-likeness (QED) is 0.834. The highest BCUT2D eigenvalue weighted by atomic mass is 32.1. The van der Waals surface area contributed by atoms with Crippen molar-refractivity contribution in [3.05, 3.63) is 16.1 Å². The van der Waals surface area contributed by atoms with Crippen LogP contribution in [0.15, 0.2) is 5.38 Å². The Morgan fingerprint density at radius 1 is 1.47 bits per heavy atom. The van der Waals surface area contributed by atoms with E-state index < -0.39 is 0 Å². The first kappa shape index (κ1) is 12.7. The molecule has 1 heterocycles. The van der Waals surface area contributed by atoms with Gasteiger partial charge in [-0.05, 0) is 18.3 Å². The van der Waals surface area contributed by atoms with Crippen LogP contribution in [0.5, 0.6) is 0 Å². The predicted molar refractivity (Wildman–Crippen MR) is 67.2 cm³/mol. The average molecular weight is 226 g/mol. The summed E-state index contributed by atoms with van der Waals surface area (Å²) in [6.07, 6.45) is 0. The molecule has 1 N–H and O–H groups in total. The van der Waals surface area contributed by atoms with Crippen LogP contribution >= 0.6 is 11.3 Å². The lowest BCUT2D eigenvalue weighted by atomic mass is 9.81. The summed E-state index contributed by atoms with van der Waals surface area (Å²) in [7, 11) is 0. The number of rotatable bonds is 5. The molecular weight excluding hydrogens is 204 g/mol. The van der Waals surface area contributed by atoms with Gasteiger partial charge in [0.2, 0.25) is 0 Å². The van der Waals surface area contributed by atoms with Gasteiger partial charge in [0, 0.05) is 24.2 Å². The Bertz CT molecular complexity index is 302. The molecule has 1 rings (SSSR count). The number of aryl methyl sites for hydroxylation is 1. The Morgan fingerprint density at radius 2 is 2.13 bits per heavy atom. The van der Waals surface area contributed by atoms with Crippen LogP contribution in [0, 0.1) is 18.3 Å². The molecule has 0 aromatic carbocycles. The standard InChI is InChI=1S/C12H22N2S/c1-9(2)12(4,5)8-13-6-11-14-10(3)7-15-11/h7,9,13H,6,8H2,1-5H3. The molecule has 2 nitrogen and oxygen atoms in total. The van der Waals surface area contributed by atoms with Crippen molar-refractivity contribution >= 4 is 11.3 Å². The first-order valence-corrected chi connectivity index (χ1v) is 6.41. The van der Waals surface area contributed by atoms with E-state index in [4.69, 9.17) is 0 Å². The van der Waals surface area contributed by atoms with Crippen molar-refractivity contribution in [1.29, 1.82) is 0 Å². The molecule has 0 aliphatic heterocycles. The molecule has 0 bridgehead atoms. The molecule has 0 saturated carbocycles. The van der Waals surface area contributed by atoms with Crippen LogP contribution in [-0.2, 0) is 6.54 Å². The maximum atomic E-state index is 4.43. The zero-order valence-corrected chi connectivity index (χ0v) is 11.2. The minimum atomic E-state index is 0.353. The van der Waals surface area contributed by atoms with Crippen LogP contribution in [0.3, 0.4) is 0 Å². The topological polar surface area (TPSA) is 24.9 Å². The molecule has 0 amide bonds. The molecule has 1 aromatic rings. The van der Waals surface area contributed by atoms with Crippen LogP contribution in [0.25, 0.3) is 0 Å². The summed E-state index contributed by atoms with van der Waals surface area (Å²) >= 11 is 1.73. The number of nitrogens with zero attached hydrogens (tertiary/aromatic N) is 1. The number of thiazole rings is 1. The van der Waals surface area contributed by atoms with Gasteiger partial charge in [0.15, 0.2) is 0 Å². The summed E-state index contributed by atoms with van der Waals surface area (Å²) in [5.41, 5.74) is 1.48. The number of nitrogens with one attached hydrogen (secondary N) is 1. The summed E-state index contributed by atoms with van der Waals surface area (Å²) in [6.45, 7) is 13.1. The highest BCUT2D eigenvalue weighted by Crippen LogP contribution is 2.24. The van der Waals surface area contributed by atoms with Gasteiger partial charge in [0.25, 0.3) is 0 Å². The van der Waals surface area contributed by atoms with Gasteiger partial charge in [-0.1, -0.05) is 27.7 Å². The molecule has 0 spiro atoms. The molecule has 0 fully saturated rings. The number of hydrogen-bond donors (Lipinski definition) is 1. The molecule has 0 aliphatic rings. The van der Waals surface area contributed by atoms with E-state index in [1.165, 1.54) is 5.01 Å². The summed E-state index contributed by atoms with van der Waals surface area (Å²) in [5, 5.41) is 6.77. The first-order valence-electron chi connectivity index (χ1n) is 5.53. The van der Waals surface area contributed by atoms with E-state index in [1.807, 2.05) is 6.92 Å². The van der Waals surface area contributed by atoms with Crippen LogP contribution in [-0.4, -0.2) is 11.5 Å². The van der Waals surface area contributed by atoms with Crippen LogP contribution in [0.2, 0.25) is 0 Å². The third-order valence-electron chi connectivity index (χ3n) is 3.09. The van der Waals surface area contributed by atoms with Crippen molar-refractivity contribution in [1.82, 2.24) is 10.3 Å². The molecular formula is C12H22N2S. The lowest BCUT2D eigenvalue weighted by molar-refractivity contribution is 0.238. The Labute approximate surface area is 97.1 Å². The normalized spacial score (nSPS) is 12.4. The van der Waals surface area contributed by atoms with E-state index in [9.17, 15) is 0 Å². The fraction of sp³-hybridized carbons (Fsp3) is 0.750. The fourth-order valence-electron chi connectivity index (χ4n) is 1.18. The second-order valence-corrected chi connectivity index (χ2v) is 6.07. The maximum Gasteiger partial charge on any atom is 0.107 e.